The van der Waals surface area contributed by atoms with E-state index in [1.165, 1.54) is 27.9 Å². The van der Waals surface area contributed by atoms with Crippen molar-refractivity contribution in [3.8, 4) is 0 Å². The second-order valence-electron chi connectivity index (χ2n) is 4.23. The molecule has 0 radical (unpaired) electrons. The Morgan fingerprint density at radius 3 is 2.00 bits per heavy atom. The lowest BCUT2D eigenvalue weighted by Crippen LogP contribution is -2.40. The molecular formula is C12H18O8. The Hall–Kier alpha value is -1.67. The van der Waals surface area contributed by atoms with Crippen LogP contribution < -0.4 is 0 Å². The first-order valence-electron chi connectivity index (χ1n) is 6.01. The van der Waals surface area contributed by atoms with Crippen molar-refractivity contribution < 1.29 is 38.1 Å². The molecule has 0 N–H and O–H groups in total. The molecule has 0 aromatic carbocycles. The van der Waals surface area contributed by atoms with Crippen molar-refractivity contribution in [2.75, 3.05) is 13.7 Å². The molecule has 1 saturated heterocycles. The standard InChI is InChI=1S/C12H18O8/c1-6(13)17-5-9-10(18-7(2)14)11(16-4)12(20-9)19-8(3)15/h9-12H,5H2,1-4H3/t9-,10+,11?,12?/m1/s1. The maximum Gasteiger partial charge on any atom is 0.305 e. The van der Waals surface area contributed by atoms with Gasteiger partial charge in [-0.1, -0.05) is 0 Å². The second-order valence-corrected chi connectivity index (χ2v) is 4.23. The van der Waals surface area contributed by atoms with Gasteiger partial charge >= 0.3 is 17.9 Å². The zero-order chi connectivity index (χ0) is 15.3. The summed E-state index contributed by atoms with van der Waals surface area (Å²) in [4.78, 5) is 33.0. The molecule has 0 aromatic rings. The van der Waals surface area contributed by atoms with Gasteiger partial charge < -0.3 is 23.7 Å². The lowest BCUT2D eigenvalue weighted by Gasteiger charge is -2.21. The quantitative estimate of drug-likeness (QED) is 0.506. The van der Waals surface area contributed by atoms with Crippen molar-refractivity contribution in [2.24, 2.45) is 0 Å². The minimum Gasteiger partial charge on any atom is -0.463 e. The molecule has 0 bridgehead atoms. The summed E-state index contributed by atoms with van der Waals surface area (Å²) in [7, 11) is 1.37. The summed E-state index contributed by atoms with van der Waals surface area (Å²) in [5.41, 5.74) is 0. The van der Waals surface area contributed by atoms with Crippen LogP contribution in [0.25, 0.3) is 0 Å². The van der Waals surface area contributed by atoms with Crippen LogP contribution in [-0.2, 0) is 38.1 Å². The molecule has 8 heteroatoms. The third-order valence-electron chi connectivity index (χ3n) is 2.57. The third kappa shape index (κ3) is 4.46. The fraction of sp³-hybridized carbons (Fsp3) is 0.750. The largest absolute Gasteiger partial charge is 0.463 e. The lowest BCUT2D eigenvalue weighted by molar-refractivity contribution is -0.191. The second kappa shape index (κ2) is 7.20. The van der Waals surface area contributed by atoms with Gasteiger partial charge in [0, 0.05) is 27.9 Å². The van der Waals surface area contributed by atoms with Gasteiger partial charge in [-0.05, 0) is 0 Å². The Morgan fingerprint density at radius 2 is 1.55 bits per heavy atom. The summed E-state index contributed by atoms with van der Waals surface area (Å²) in [5, 5.41) is 0. The maximum atomic E-state index is 11.1. The maximum absolute atomic E-state index is 11.1. The van der Waals surface area contributed by atoms with Gasteiger partial charge in [-0.2, -0.15) is 0 Å². The molecule has 0 aliphatic carbocycles. The fourth-order valence-electron chi connectivity index (χ4n) is 1.87. The normalized spacial score (nSPS) is 28.8. The van der Waals surface area contributed by atoms with Gasteiger partial charge in [0.25, 0.3) is 0 Å². The first-order chi connectivity index (χ1) is 9.35. The Bertz CT molecular complexity index is 380. The predicted molar refractivity (Wildman–Crippen MR) is 63.4 cm³/mol. The average Bonchev–Trinajstić information content (AvgIpc) is 2.62. The van der Waals surface area contributed by atoms with Crippen LogP contribution >= 0.6 is 0 Å². The highest BCUT2D eigenvalue weighted by Gasteiger charge is 2.49. The molecule has 0 amide bonds. The van der Waals surface area contributed by atoms with Crippen molar-refractivity contribution in [3.05, 3.63) is 0 Å². The zero-order valence-corrected chi connectivity index (χ0v) is 11.8. The molecule has 4 atom stereocenters. The molecule has 1 aliphatic rings. The molecule has 0 spiro atoms. The van der Waals surface area contributed by atoms with E-state index in [9.17, 15) is 14.4 Å². The van der Waals surface area contributed by atoms with Gasteiger partial charge in [0.2, 0.25) is 6.29 Å². The van der Waals surface area contributed by atoms with E-state index in [2.05, 4.69) is 0 Å². The van der Waals surface area contributed by atoms with Crippen LogP contribution in [-0.4, -0.2) is 56.2 Å². The van der Waals surface area contributed by atoms with Crippen LogP contribution in [0.5, 0.6) is 0 Å². The average molecular weight is 290 g/mol. The molecule has 0 saturated carbocycles. The molecule has 8 nitrogen and oxygen atoms in total. The number of rotatable bonds is 5. The van der Waals surface area contributed by atoms with Crippen LogP contribution in [0.15, 0.2) is 0 Å². The van der Waals surface area contributed by atoms with Crippen molar-refractivity contribution in [1.29, 1.82) is 0 Å². The third-order valence-corrected chi connectivity index (χ3v) is 2.57. The summed E-state index contributed by atoms with van der Waals surface area (Å²) < 4.78 is 25.5. The molecule has 114 valence electrons. The number of methoxy groups -OCH3 is 1. The summed E-state index contributed by atoms with van der Waals surface area (Å²) in [6, 6.07) is 0. The van der Waals surface area contributed by atoms with Gasteiger partial charge in [-0.25, -0.2) is 0 Å². The SMILES string of the molecule is COC1C(OC(C)=O)O[C@H](COC(C)=O)[C@@H]1OC(C)=O. The number of carbonyl (C=O) groups is 3. The number of carbonyl (C=O) groups excluding carboxylic acids is 3. The van der Waals surface area contributed by atoms with Crippen LogP contribution in [0.4, 0.5) is 0 Å². The Morgan fingerprint density at radius 1 is 0.950 bits per heavy atom. The molecule has 20 heavy (non-hydrogen) atoms. The first kappa shape index (κ1) is 16.4. The van der Waals surface area contributed by atoms with E-state index < -0.39 is 42.5 Å². The number of hydrogen-bond donors (Lipinski definition) is 0. The van der Waals surface area contributed by atoms with Crippen molar-refractivity contribution >= 4 is 17.9 Å². The smallest absolute Gasteiger partial charge is 0.305 e. The molecule has 1 fully saturated rings. The highest BCUT2D eigenvalue weighted by molar-refractivity contribution is 5.67. The molecule has 1 rings (SSSR count). The van der Waals surface area contributed by atoms with Crippen LogP contribution in [0.2, 0.25) is 0 Å². The molecule has 2 unspecified atom stereocenters. The van der Waals surface area contributed by atoms with Gasteiger partial charge in [0.15, 0.2) is 12.2 Å². The van der Waals surface area contributed by atoms with Crippen molar-refractivity contribution in [1.82, 2.24) is 0 Å². The highest BCUT2D eigenvalue weighted by atomic mass is 16.7. The first-order valence-corrected chi connectivity index (χ1v) is 6.01. The minimum atomic E-state index is -1.03. The van der Waals surface area contributed by atoms with E-state index in [0.717, 1.165) is 0 Å². The minimum absolute atomic E-state index is 0.134. The van der Waals surface area contributed by atoms with E-state index >= 15 is 0 Å². The topological polar surface area (TPSA) is 97.4 Å². The Balaban J connectivity index is 2.81. The van der Waals surface area contributed by atoms with Crippen LogP contribution in [0, 0.1) is 0 Å². The van der Waals surface area contributed by atoms with Crippen molar-refractivity contribution in [2.45, 2.75) is 45.4 Å². The van der Waals surface area contributed by atoms with E-state index in [0.29, 0.717) is 0 Å². The number of ether oxygens (including phenoxy) is 5. The molecule has 1 heterocycles. The van der Waals surface area contributed by atoms with Gasteiger partial charge in [0.05, 0.1) is 0 Å². The fourth-order valence-corrected chi connectivity index (χ4v) is 1.87. The Kier molecular flexibility index (Phi) is 5.90. The highest BCUT2D eigenvalue weighted by Crippen LogP contribution is 2.27. The summed E-state index contributed by atoms with van der Waals surface area (Å²) in [6.07, 6.45) is -3.41. The van der Waals surface area contributed by atoms with E-state index in [-0.39, 0.29) is 6.61 Å². The van der Waals surface area contributed by atoms with E-state index in [1.54, 1.807) is 0 Å². The summed E-state index contributed by atoms with van der Waals surface area (Å²) in [5.74, 6) is -1.61. The number of hydrogen-bond acceptors (Lipinski definition) is 8. The van der Waals surface area contributed by atoms with Crippen molar-refractivity contribution in [3.63, 3.8) is 0 Å². The predicted octanol–water partition coefficient (Wildman–Crippen LogP) is -0.216. The van der Waals surface area contributed by atoms with Crippen LogP contribution in [0.3, 0.4) is 0 Å². The monoisotopic (exact) mass is 290 g/mol. The van der Waals surface area contributed by atoms with E-state index in [4.69, 9.17) is 23.7 Å². The Labute approximate surface area is 116 Å². The molecule has 1 aliphatic heterocycles. The van der Waals surface area contributed by atoms with Crippen LogP contribution in [0.1, 0.15) is 20.8 Å². The zero-order valence-electron chi connectivity index (χ0n) is 11.8. The van der Waals surface area contributed by atoms with Gasteiger partial charge in [0.1, 0.15) is 12.7 Å². The van der Waals surface area contributed by atoms with E-state index in [1.807, 2.05) is 0 Å². The summed E-state index contributed by atoms with van der Waals surface area (Å²) in [6.45, 7) is 3.56. The van der Waals surface area contributed by atoms with Gasteiger partial charge in [-0.15, -0.1) is 0 Å². The lowest BCUT2D eigenvalue weighted by atomic mass is 10.1. The molecule has 0 aromatic heterocycles. The summed E-state index contributed by atoms with van der Waals surface area (Å²) >= 11 is 0. The molecular weight excluding hydrogens is 272 g/mol. The van der Waals surface area contributed by atoms with Gasteiger partial charge in [-0.3, -0.25) is 14.4 Å². The number of esters is 3.